The smallest absolute Gasteiger partial charge is 0.257 e. The molecule has 76 valence electrons. The second-order valence-electron chi connectivity index (χ2n) is 3.64. The van der Waals surface area contributed by atoms with Crippen LogP contribution in [0.5, 0.6) is 0 Å². The van der Waals surface area contributed by atoms with Gasteiger partial charge in [-0.3, -0.25) is 0 Å². The first-order valence-corrected chi connectivity index (χ1v) is 7.08. The third-order valence-corrected chi connectivity index (χ3v) is 5.15. The number of allylic oxidation sites excluding steroid dienone is 2. The summed E-state index contributed by atoms with van der Waals surface area (Å²) < 4.78 is 26.3. The van der Waals surface area contributed by atoms with Crippen LogP contribution in [0.1, 0.15) is 19.3 Å². The fourth-order valence-electron chi connectivity index (χ4n) is 2.05. The zero-order chi connectivity index (χ0) is 9.76. The molecule has 0 saturated heterocycles. The Kier molecular flexibility index (Phi) is 1.73. The minimum atomic E-state index is -3.17. The lowest BCUT2D eigenvalue weighted by atomic mass is 10.3. The first-order chi connectivity index (χ1) is 6.66. The predicted octanol–water partition coefficient (Wildman–Crippen LogP) is 1.13. The van der Waals surface area contributed by atoms with Crippen LogP contribution in [-0.4, -0.2) is 30.8 Å². The Morgan fingerprint density at radius 1 is 1.36 bits per heavy atom. The van der Waals surface area contributed by atoms with E-state index in [1.54, 1.807) is 11.8 Å². The molecule has 0 saturated carbocycles. The van der Waals surface area contributed by atoms with E-state index in [0.29, 0.717) is 11.7 Å². The van der Waals surface area contributed by atoms with E-state index in [9.17, 15) is 8.42 Å². The number of fused-ring (bicyclic) bond motifs is 2. The van der Waals surface area contributed by atoms with Gasteiger partial charge in [0.2, 0.25) is 0 Å². The first kappa shape index (κ1) is 8.79. The molecule has 2 heterocycles. The molecule has 3 rings (SSSR count). The van der Waals surface area contributed by atoms with E-state index >= 15 is 0 Å². The number of sulfonamides is 1. The molecule has 14 heavy (non-hydrogen) atoms. The summed E-state index contributed by atoms with van der Waals surface area (Å²) in [6.45, 7) is 0.590. The van der Waals surface area contributed by atoms with E-state index in [1.807, 2.05) is 0 Å². The molecule has 1 aliphatic carbocycles. The maximum atomic E-state index is 11.3. The highest BCUT2D eigenvalue weighted by Gasteiger charge is 2.36. The van der Waals surface area contributed by atoms with Crippen molar-refractivity contribution in [1.29, 1.82) is 0 Å². The van der Waals surface area contributed by atoms with Gasteiger partial charge >= 0.3 is 0 Å². The van der Waals surface area contributed by atoms with Crippen molar-refractivity contribution in [2.45, 2.75) is 19.3 Å². The summed E-state index contributed by atoms with van der Waals surface area (Å²) in [5.74, 6) is 0.161. The van der Waals surface area contributed by atoms with Gasteiger partial charge in [0.15, 0.2) is 5.17 Å². The van der Waals surface area contributed by atoms with Crippen molar-refractivity contribution in [2.24, 2.45) is 4.40 Å². The van der Waals surface area contributed by atoms with Gasteiger partial charge in [-0.05, 0) is 19.3 Å². The van der Waals surface area contributed by atoms with Crippen molar-refractivity contribution in [1.82, 2.24) is 4.90 Å². The molecule has 0 fully saturated rings. The third-order valence-electron chi connectivity index (χ3n) is 2.70. The topological polar surface area (TPSA) is 49.7 Å². The molecule has 0 amide bonds. The van der Waals surface area contributed by atoms with Gasteiger partial charge in [0.05, 0.1) is 5.75 Å². The van der Waals surface area contributed by atoms with Gasteiger partial charge in [0.1, 0.15) is 0 Å². The molecular weight excluding hydrogens is 220 g/mol. The molecule has 3 aliphatic rings. The number of thioether (sulfide) groups is 1. The van der Waals surface area contributed by atoms with Gasteiger partial charge < -0.3 is 4.90 Å². The Bertz CT molecular complexity index is 450. The predicted molar refractivity (Wildman–Crippen MR) is 56.4 cm³/mol. The molecule has 6 heteroatoms. The second-order valence-corrected chi connectivity index (χ2v) is 6.45. The average Bonchev–Trinajstić information content (AvgIpc) is 2.60. The fourth-order valence-corrected chi connectivity index (χ4v) is 4.49. The Morgan fingerprint density at radius 3 is 3.07 bits per heavy atom. The average molecular weight is 230 g/mol. The Morgan fingerprint density at radius 2 is 2.21 bits per heavy atom. The van der Waals surface area contributed by atoms with E-state index in [4.69, 9.17) is 0 Å². The highest BCUT2D eigenvalue weighted by Crippen LogP contribution is 2.45. The van der Waals surface area contributed by atoms with Crippen LogP contribution in [-0.2, 0) is 10.0 Å². The molecule has 0 spiro atoms. The lowest BCUT2D eigenvalue weighted by Gasteiger charge is -2.24. The standard InChI is InChI=1S/C8H10N2O2S2/c11-14(12)5-4-10-6-2-1-3-7(6)13-8(10)9-14/h1-5H2. The van der Waals surface area contributed by atoms with Crippen molar-refractivity contribution >= 4 is 27.0 Å². The molecule has 0 N–H and O–H groups in total. The molecule has 0 aromatic carbocycles. The minimum absolute atomic E-state index is 0.161. The summed E-state index contributed by atoms with van der Waals surface area (Å²) >= 11 is 1.54. The van der Waals surface area contributed by atoms with E-state index in [0.717, 1.165) is 12.8 Å². The third kappa shape index (κ3) is 1.20. The van der Waals surface area contributed by atoms with Crippen LogP contribution in [0.25, 0.3) is 0 Å². The molecule has 0 radical (unpaired) electrons. The monoisotopic (exact) mass is 230 g/mol. The zero-order valence-corrected chi connectivity index (χ0v) is 9.20. The van der Waals surface area contributed by atoms with Gasteiger partial charge in [0.25, 0.3) is 10.0 Å². The maximum absolute atomic E-state index is 11.3. The van der Waals surface area contributed by atoms with Crippen LogP contribution in [0, 0.1) is 0 Å². The number of hydrogen-bond donors (Lipinski definition) is 0. The minimum Gasteiger partial charge on any atom is -0.322 e. The van der Waals surface area contributed by atoms with Crippen molar-refractivity contribution in [2.75, 3.05) is 12.3 Å². The molecule has 0 aromatic rings. The van der Waals surface area contributed by atoms with Crippen LogP contribution >= 0.6 is 11.8 Å². The highest BCUT2D eigenvalue weighted by atomic mass is 32.2. The molecule has 0 atom stereocenters. The molecule has 0 bridgehead atoms. The molecule has 0 aromatic heterocycles. The van der Waals surface area contributed by atoms with Crippen LogP contribution in [0.4, 0.5) is 0 Å². The van der Waals surface area contributed by atoms with Gasteiger partial charge in [0, 0.05) is 17.1 Å². The zero-order valence-electron chi connectivity index (χ0n) is 7.56. The van der Waals surface area contributed by atoms with E-state index in [-0.39, 0.29) is 5.75 Å². The SMILES string of the molecule is O=S1(=O)CCN2C(=N1)SC1=C2CCC1. The summed E-state index contributed by atoms with van der Waals surface area (Å²) in [7, 11) is -3.17. The van der Waals surface area contributed by atoms with Crippen LogP contribution in [0.3, 0.4) is 0 Å². The molecule has 0 unspecified atom stereocenters. The second kappa shape index (κ2) is 2.76. The highest BCUT2D eigenvalue weighted by molar-refractivity contribution is 8.18. The van der Waals surface area contributed by atoms with Crippen LogP contribution in [0.15, 0.2) is 15.0 Å². The first-order valence-electron chi connectivity index (χ1n) is 4.66. The van der Waals surface area contributed by atoms with Gasteiger partial charge in [-0.15, -0.1) is 4.40 Å². The van der Waals surface area contributed by atoms with Crippen molar-refractivity contribution in [3.05, 3.63) is 10.6 Å². The van der Waals surface area contributed by atoms with Crippen LogP contribution in [0.2, 0.25) is 0 Å². The maximum Gasteiger partial charge on any atom is 0.257 e. The van der Waals surface area contributed by atoms with Crippen molar-refractivity contribution < 1.29 is 8.42 Å². The quantitative estimate of drug-likeness (QED) is 0.626. The molecule has 4 nitrogen and oxygen atoms in total. The van der Waals surface area contributed by atoms with Crippen LogP contribution < -0.4 is 0 Å². The summed E-state index contributed by atoms with van der Waals surface area (Å²) in [6, 6.07) is 0. The Balaban J connectivity index is 2.02. The Hall–Kier alpha value is -0.490. The normalized spacial score (nSPS) is 28.9. The van der Waals surface area contributed by atoms with Gasteiger partial charge in [-0.25, -0.2) is 8.42 Å². The van der Waals surface area contributed by atoms with E-state index in [2.05, 4.69) is 9.30 Å². The fraction of sp³-hybridized carbons (Fsp3) is 0.625. The molecule has 2 aliphatic heterocycles. The lowest BCUT2D eigenvalue weighted by Crippen LogP contribution is -2.34. The number of hydrogen-bond acceptors (Lipinski definition) is 4. The summed E-state index contributed by atoms with van der Waals surface area (Å²) in [4.78, 5) is 3.41. The lowest BCUT2D eigenvalue weighted by molar-refractivity contribution is 0.517. The number of nitrogens with zero attached hydrogens (tertiary/aromatic N) is 2. The summed E-state index contributed by atoms with van der Waals surface area (Å²) in [5.41, 5.74) is 1.32. The van der Waals surface area contributed by atoms with Crippen molar-refractivity contribution in [3.63, 3.8) is 0 Å². The van der Waals surface area contributed by atoms with Gasteiger partial charge in [-0.1, -0.05) is 11.8 Å². The van der Waals surface area contributed by atoms with E-state index < -0.39 is 10.0 Å². The summed E-state index contributed by atoms with van der Waals surface area (Å²) in [5, 5.41) is 0.681. The Labute approximate surface area is 87.1 Å². The summed E-state index contributed by atoms with van der Waals surface area (Å²) in [6.07, 6.45) is 3.38. The largest absolute Gasteiger partial charge is 0.322 e. The van der Waals surface area contributed by atoms with E-state index in [1.165, 1.54) is 17.0 Å². The number of rotatable bonds is 0. The molecular formula is C8H10N2O2S2. The van der Waals surface area contributed by atoms with Gasteiger partial charge in [-0.2, -0.15) is 0 Å². The van der Waals surface area contributed by atoms with Crippen molar-refractivity contribution in [3.8, 4) is 0 Å². The number of amidine groups is 1.